The van der Waals surface area contributed by atoms with Crippen molar-refractivity contribution >= 4 is 17.4 Å². The molecule has 2 rings (SSSR count). The Morgan fingerprint density at radius 2 is 2.28 bits per heavy atom. The molecule has 18 heavy (non-hydrogen) atoms. The fourth-order valence-corrected chi connectivity index (χ4v) is 2.21. The first-order chi connectivity index (χ1) is 8.69. The number of rotatable bonds is 6. The molecule has 0 amide bonds. The first-order valence-electron chi connectivity index (χ1n) is 5.91. The topological polar surface area (TPSA) is 75.9 Å². The Balaban J connectivity index is 1.94. The highest BCUT2D eigenvalue weighted by molar-refractivity contribution is 7.11. The highest BCUT2D eigenvalue weighted by atomic mass is 32.1. The van der Waals surface area contributed by atoms with E-state index in [0.717, 1.165) is 11.6 Å². The number of hydrogen-bond acceptors (Lipinski definition) is 7. The van der Waals surface area contributed by atoms with Crippen LogP contribution in [0.15, 0.2) is 10.6 Å². The molecule has 0 saturated heterocycles. The summed E-state index contributed by atoms with van der Waals surface area (Å²) in [6.45, 7) is 7.56. The van der Waals surface area contributed by atoms with Crippen LogP contribution in [0, 0.1) is 6.92 Å². The third-order valence-corrected chi connectivity index (χ3v) is 3.44. The molecule has 6 nitrogen and oxygen atoms in total. The summed E-state index contributed by atoms with van der Waals surface area (Å²) in [4.78, 5) is 5.51. The monoisotopic (exact) mass is 267 g/mol. The molecule has 0 aromatic carbocycles. The van der Waals surface area contributed by atoms with Gasteiger partial charge in [0.25, 0.3) is 0 Å². The van der Waals surface area contributed by atoms with Crippen molar-refractivity contribution in [3.63, 3.8) is 0 Å². The number of anilines is 1. The van der Waals surface area contributed by atoms with Gasteiger partial charge in [-0.1, -0.05) is 12.0 Å². The Morgan fingerprint density at radius 1 is 1.44 bits per heavy atom. The van der Waals surface area contributed by atoms with Crippen LogP contribution in [0.3, 0.4) is 0 Å². The Morgan fingerprint density at radius 3 is 2.94 bits per heavy atom. The van der Waals surface area contributed by atoms with Crippen LogP contribution in [0.4, 0.5) is 6.01 Å². The zero-order valence-electron chi connectivity index (χ0n) is 10.7. The van der Waals surface area contributed by atoms with Crippen molar-refractivity contribution in [3.8, 4) is 0 Å². The second kappa shape index (κ2) is 5.92. The Labute approximate surface area is 110 Å². The molecule has 0 radical (unpaired) electrons. The molecular weight excluding hydrogens is 250 g/mol. The summed E-state index contributed by atoms with van der Waals surface area (Å²) in [6.07, 6.45) is 1.86. The normalized spacial score (nSPS) is 12.6. The predicted octanol–water partition coefficient (Wildman–Crippen LogP) is 2.12. The number of thiazole rings is 1. The molecule has 0 aliphatic carbocycles. The van der Waals surface area contributed by atoms with Crippen molar-refractivity contribution in [2.75, 3.05) is 11.9 Å². The SMILES string of the molecule is CCNCc1nnc(NC(C)c2ncc(C)s2)o1. The summed E-state index contributed by atoms with van der Waals surface area (Å²) < 4.78 is 5.47. The number of aromatic nitrogens is 3. The maximum Gasteiger partial charge on any atom is 0.316 e. The van der Waals surface area contributed by atoms with E-state index in [1.807, 2.05) is 27.0 Å². The zero-order chi connectivity index (χ0) is 13.0. The van der Waals surface area contributed by atoms with Crippen LogP contribution in [0.2, 0.25) is 0 Å². The molecule has 2 aromatic heterocycles. The van der Waals surface area contributed by atoms with E-state index >= 15 is 0 Å². The van der Waals surface area contributed by atoms with Crippen molar-refractivity contribution in [1.29, 1.82) is 0 Å². The minimum Gasteiger partial charge on any atom is -0.407 e. The molecule has 0 fully saturated rings. The van der Waals surface area contributed by atoms with Crippen LogP contribution in [0.25, 0.3) is 0 Å². The van der Waals surface area contributed by atoms with E-state index in [9.17, 15) is 0 Å². The first kappa shape index (κ1) is 13.0. The molecule has 2 heterocycles. The van der Waals surface area contributed by atoms with E-state index < -0.39 is 0 Å². The fraction of sp³-hybridized carbons (Fsp3) is 0.545. The van der Waals surface area contributed by atoms with Gasteiger partial charge in [-0.2, -0.15) is 0 Å². The van der Waals surface area contributed by atoms with Crippen molar-refractivity contribution < 1.29 is 4.42 Å². The van der Waals surface area contributed by atoms with Crippen LogP contribution in [-0.2, 0) is 6.54 Å². The van der Waals surface area contributed by atoms with Gasteiger partial charge in [-0.05, 0) is 20.4 Å². The average Bonchev–Trinajstić information content (AvgIpc) is 2.96. The van der Waals surface area contributed by atoms with Gasteiger partial charge in [0.05, 0.1) is 12.6 Å². The maximum absolute atomic E-state index is 5.47. The molecule has 0 aliphatic rings. The largest absolute Gasteiger partial charge is 0.407 e. The number of hydrogen-bond donors (Lipinski definition) is 2. The lowest BCUT2D eigenvalue weighted by atomic mass is 10.4. The molecule has 0 bridgehead atoms. The minimum atomic E-state index is 0.0659. The van der Waals surface area contributed by atoms with E-state index in [2.05, 4.69) is 25.8 Å². The van der Waals surface area contributed by atoms with Crippen molar-refractivity contribution in [3.05, 3.63) is 22.0 Å². The lowest BCUT2D eigenvalue weighted by Crippen LogP contribution is -2.11. The second-order valence-corrected chi connectivity index (χ2v) is 5.22. The predicted molar refractivity (Wildman–Crippen MR) is 70.6 cm³/mol. The highest BCUT2D eigenvalue weighted by Gasteiger charge is 2.13. The van der Waals surface area contributed by atoms with Crippen LogP contribution in [0.5, 0.6) is 0 Å². The van der Waals surface area contributed by atoms with E-state index in [4.69, 9.17) is 4.42 Å². The van der Waals surface area contributed by atoms with Crippen molar-refractivity contribution in [2.45, 2.75) is 33.4 Å². The van der Waals surface area contributed by atoms with Gasteiger partial charge in [0.2, 0.25) is 5.89 Å². The van der Waals surface area contributed by atoms with Crippen LogP contribution in [0.1, 0.15) is 35.7 Å². The zero-order valence-corrected chi connectivity index (χ0v) is 11.5. The van der Waals surface area contributed by atoms with Gasteiger partial charge in [-0.15, -0.1) is 16.4 Å². The molecule has 1 atom stereocenters. The molecule has 0 saturated carbocycles. The molecule has 0 aliphatic heterocycles. The van der Waals surface area contributed by atoms with E-state index in [1.54, 1.807) is 11.3 Å². The molecule has 2 N–H and O–H groups in total. The molecule has 2 aromatic rings. The molecule has 1 unspecified atom stereocenters. The van der Waals surface area contributed by atoms with Gasteiger partial charge in [-0.3, -0.25) is 0 Å². The standard InChI is InChI=1S/C11H17N5OS/c1-4-12-6-9-15-16-11(17-9)14-8(3)10-13-5-7(2)18-10/h5,8,12H,4,6H2,1-3H3,(H,14,16). The van der Waals surface area contributed by atoms with Crippen LogP contribution < -0.4 is 10.6 Å². The average molecular weight is 267 g/mol. The Hall–Kier alpha value is -1.47. The lowest BCUT2D eigenvalue weighted by Gasteiger charge is -2.07. The van der Waals surface area contributed by atoms with Gasteiger partial charge in [0.1, 0.15) is 5.01 Å². The van der Waals surface area contributed by atoms with Gasteiger partial charge in [0, 0.05) is 11.1 Å². The van der Waals surface area contributed by atoms with E-state index in [0.29, 0.717) is 18.5 Å². The Bertz CT molecular complexity index is 495. The molecular formula is C11H17N5OS. The lowest BCUT2D eigenvalue weighted by molar-refractivity contribution is 0.478. The summed E-state index contributed by atoms with van der Waals surface area (Å²) in [6, 6.07) is 0.499. The minimum absolute atomic E-state index is 0.0659. The number of nitrogens with zero attached hydrogens (tertiary/aromatic N) is 3. The summed E-state index contributed by atoms with van der Waals surface area (Å²) in [5.74, 6) is 0.585. The number of aryl methyl sites for hydroxylation is 1. The van der Waals surface area contributed by atoms with Crippen molar-refractivity contribution in [1.82, 2.24) is 20.5 Å². The van der Waals surface area contributed by atoms with Gasteiger partial charge in [-0.25, -0.2) is 4.98 Å². The quantitative estimate of drug-likeness (QED) is 0.835. The summed E-state index contributed by atoms with van der Waals surface area (Å²) in [5.41, 5.74) is 0. The van der Waals surface area contributed by atoms with Gasteiger partial charge >= 0.3 is 6.01 Å². The van der Waals surface area contributed by atoms with Crippen molar-refractivity contribution in [2.24, 2.45) is 0 Å². The summed E-state index contributed by atoms with van der Waals surface area (Å²) in [7, 11) is 0. The summed E-state index contributed by atoms with van der Waals surface area (Å²) in [5, 5.41) is 15.2. The molecule has 7 heteroatoms. The number of nitrogens with one attached hydrogen (secondary N) is 2. The van der Waals surface area contributed by atoms with Gasteiger partial charge < -0.3 is 15.1 Å². The third-order valence-electron chi connectivity index (χ3n) is 2.34. The summed E-state index contributed by atoms with van der Waals surface area (Å²) >= 11 is 1.66. The smallest absolute Gasteiger partial charge is 0.316 e. The Kier molecular flexibility index (Phi) is 4.27. The molecule has 98 valence electrons. The first-order valence-corrected chi connectivity index (χ1v) is 6.72. The maximum atomic E-state index is 5.47. The third kappa shape index (κ3) is 3.27. The van der Waals surface area contributed by atoms with Crippen LogP contribution in [-0.4, -0.2) is 21.7 Å². The highest BCUT2D eigenvalue weighted by Crippen LogP contribution is 2.22. The van der Waals surface area contributed by atoms with Gasteiger partial charge in [0.15, 0.2) is 0 Å². The van der Waals surface area contributed by atoms with E-state index in [-0.39, 0.29) is 6.04 Å². The van der Waals surface area contributed by atoms with E-state index in [1.165, 1.54) is 4.88 Å². The second-order valence-electron chi connectivity index (χ2n) is 3.96. The fourth-order valence-electron chi connectivity index (χ4n) is 1.43. The molecule has 0 spiro atoms. The van der Waals surface area contributed by atoms with Crippen LogP contribution >= 0.6 is 11.3 Å².